The van der Waals surface area contributed by atoms with Gasteiger partial charge in [-0.15, -0.1) is 0 Å². The normalized spacial score (nSPS) is 13.5. The lowest BCUT2D eigenvalue weighted by molar-refractivity contribution is -0.384. The molecule has 0 radical (unpaired) electrons. The third-order valence-corrected chi connectivity index (χ3v) is 4.29. The van der Waals surface area contributed by atoms with Crippen molar-refractivity contribution in [2.75, 3.05) is 10.6 Å². The Morgan fingerprint density at radius 2 is 1.62 bits per heavy atom. The lowest BCUT2D eigenvalue weighted by Gasteiger charge is -2.20. The molecule has 0 spiro atoms. The van der Waals surface area contributed by atoms with Crippen LogP contribution >= 0.6 is 0 Å². The molecule has 29 heavy (non-hydrogen) atoms. The Morgan fingerprint density at radius 3 is 2.17 bits per heavy atom. The number of carbonyl (C=O) groups excluding carboxylic acids is 2. The van der Waals surface area contributed by atoms with Crippen LogP contribution in [0.4, 0.5) is 17.1 Å². The predicted octanol–water partition coefficient (Wildman–Crippen LogP) is 3.95. The van der Waals surface area contributed by atoms with E-state index in [1.54, 1.807) is 36.4 Å². The van der Waals surface area contributed by atoms with E-state index in [0.717, 1.165) is 12.8 Å². The third-order valence-electron chi connectivity index (χ3n) is 4.29. The van der Waals surface area contributed by atoms with E-state index in [-0.39, 0.29) is 28.7 Å². The van der Waals surface area contributed by atoms with Crippen LogP contribution in [0, 0.1) is 10.1 Å². The molecule has 1 aliphatic carbocycles. The molecule has 0 unspecified atom stereocenters. The molecule has 0 heterocycles. The molecule has 2 aromatic rings. The monoisotopic (exact) mass is 396 g/mol. The largest absolute Gasteiger partial charge is 0.377 e. The molecule has 0 aromatic heterocycles. The van der Waals surface area contributed by atoms with Crippen LogP contribution in [0.5, 0.6) is 0 Å². The molecule has 152 valence electrons. The molecule has 3 rings (SSSR count). The molecule has 1 aliphatic rings. The number of hydrogen-bond donors (Lipinski definition) is 3. The number of benzene rings is 2. The van der Waals surface area contributed by atoms with Gasteiger partial charge in [-0.05, 0) is 70.0 Å². The van der Waals surface area contributed by atoms with Crippen molar-refractivity contribution in [3.05, 3.63) is 63.7 Å². The standard InChI is InChI=1S/C21H24N4O4/c1-21(2,3)24-20(27)13-4-7-16(8-5-13)23-19(26)14-6-11-17(22-15-9-10-15)18(12-14)25(28)29/h4-8,11-12,15,22H,9-10H2,1-3H3,(H,23,26)(H,24,27). The van der Waals surface area contributed by atoms with E-state index in [9.17, 15) is 19.7 Å². The van der Waals surface area contributed by atoms with Gasteiger partial charge >= 0.3 is 0 Å². The lowest BCUT2D eigenvalue weighted by Crippen LogP contribution is -2.40. The van der Waals surface area contributed by atoms with Crippen LogP contribution in [-0.2, 0) is 0 Å². The molecule has 2 amide bonds. The summed E-state index contributed by atoms with van der Waals surface area (Å²) in [6.45, 7) is 5.68. The van der Waals surface area contributed by atoms with Crippen LogP contribution < -0.4 is 16.0 Å². The number of carbonyl (C=O) groups is 2. The van der Waals surface area contributed by atoms with Crippen LogP contribution in [0.2, 0.25) is 0 Å². The summed E-state index contributed by atoms with van der Waals surface area (Å²) < 4.78 is 0. The van der Waals surface area contributed by atoms with E-state index in [1.165, 1.54) is 6.07 Å². The van der Waals surface area contributed by atoms with Crippen molar-refractivity contribution in [2.45, 2.75) is 45.2 Å². The second kappa shape index (κ2) is 7.90. The molecule has 3 N–H and O–H groups in total. The van der Waals surface area contributed by atoms with Crippen LogP contribution in [-0.4, -0.2) is 28.3 Å². The van der Waals surface area contributed by atoms with Crippen molar-refractivity contribution in [1.29, 1.82) is 0 Å². The third kappa shape index (κ3) is 5.54. The lowest BCUT2D eigenvalue weighted by atomic mass is 10.1. The van der Waals surface area contributed by atoms with Crippen molar-refractivity contribution in [3.8, 4) is 0 Å². The summed E-state index contributed by atoms with van der Waals surface area (Å²) in [5.41, 5.74) is 1.10. The predicted molar refractivity (Wildman–Crippen MR) is 111 cm³/mol. The van der Waals surface area contributed by atoms with Crippen molar-refractivity contribution in [2.24, 2.45) is 0 Å². The highest BCUT2D eigenvalue weighted by molar-refractivity contribution is 6.05. The topological polar surface area (TPSA) is 113 Å². The van der Waals surface area contributed by atoms with Crippen molar-refractivity contribution in [3.63, 3.8) is 0 Å². The summed E-state index contributed by atoms with van der Waals surface area (Å²) in [6, 6.07) is 11.1. The Balaban J connectivity index is 1.70. The number of hydrogen-bond acceptors (Lipinski definition) is 5. The Hall–Kier alpha value is -3.42. The van der Waals surface area contributed by atoms with Gasteiger partial charge in [0, 0.05) is 34.5 Å². The first-order valence-corrected chi connectivity index (χ1v) is 9.41. The smallest absolute Gasteiger partial charge is 0.293 e. The summed E-state index contributed by atoms with van der Waals surface area (Å²) in [7, 11) is 0. The number of nitrogens with one attached hydrogen (secondary N) is 3. The highest BCUT2D eigenvalue weighted by Gasteiger charge is 2.25. The summed E-state index contributed by atoms with van der Waals surface area (Å²) in [5.74, 6) is -0.664. The average Bonchev–Trinajstić information content (AvgIpc) is 3.45. The quantitative estimate of drug-likeness (QED) is 0.505. The van der Waals surface area contributed by atoms with E-state index in [4.69, 9.17) is 0 Å². The van der Waals surface area contributed by atoms with Gasteiger partial charge in [0.1, 0.15) is 5.69 Å². The molecule has 0 aliphatic heterocycles. The number of nitro groups is 1. The van der Waals surface area contributed by atoms with Gasteiger partial charge in [-0.2, -0.15) is 0 Å². The molecule has 2 aromatic carbocycles. The van der Waals surface area contributed by atoms with Crippen molar-refractivity contribution < 1.29 is 14.5 Å². The zero-order chi connectivity index (χ0) is 21.2. The molecule has 8 heteroatoms. The van der Waals surface area contributed by atoms with E-state index in [1.807, 2.05) is 20.8 Å². The average molecular weight is 396 g/mol. The minimum Gasteiger partial charge on any atom is -0.377 e. The summed E-state index contributed by atoms with van der Waals surface area (Å²) >= 11 is 0. The Bertz CT molecular complexity index is 944. The zero-order valence-electron chi connectivity index (χ0n) is 16.6. The molecule has 0 saturated heterocycles. The van der Waals surface area contributed by atoms with Gasteiger partial charge in [-0.1, -0.05) is 0 Å². The molecule has 8 nitrogen and oxygen atoms in total. The van der Waals surface area contributed by atoms with Crippen LogP contribution in [0.3, 0.4) is 0 Å². The fourth-order valence-corrected chi connectivity index (χ4v) is 2.71. The van der Waals surface area contributed by atoms with Gasteiger partial charge in [0.2, 0.25) is 0 Å². The molecular formula is C21H24N4O4. The van der Waals surface area contributed by atoms with Gasteiger partial charge in [-0.3, -0.25) is 19.7 Å². The Kier molecular flexibility index (Phi) is 5.54. The molecular weight excluding hydrogens is 372 g/mol. The fraction of sp³-hybridized carbons (Fsp3) is 0.333. The molecule has 1 saturated carbocycles. The van der Waals surface area contributed by atoms with Crippen LogP contribution in [0.15, 0.2) is 42.5 Å². The summed E-state index contributed by atoms with van der Waals surface area (Å²) in [4.78, 5) is 35.5. The van der Waals surface area contributed by atoms with E-state index in [0.29, 0.717) is 16.9 Å². The maximum atomic E-state index is 12.5. The number of nitro benzene ring substituents is 1. The highest BCUT2D eigenvalue weighted by Crippen LogP contribution is 2.31. The molecule has 0 bridgehead atoms. The Labute approximate surface area is 168 Å². The van der Waals surface area contributed by atoms with Gasteiger partial charge in [0.05, 0.1) is 4.92 Å². The second-order valence-electron chi connectivity index (χ2n) is 8.14. The second-order valence-corrected chi connectivity index (χ2v) is 8.14. The van der Waals surface area contributed by atoms with Gasteiger partial charge in [0.25, 0.3) is 17.5 Å². The fourth-order valence-electron chi connectivity index (χ4n) is 2.71. The van der Waals surface area contributed by atoms with Crippen LogP contribution in [0.1, 0.15) is 54.3 Å². The van der Waals surface area contributed by atoms with Gasteiger partial charge in [0.15, 0.2) is 0 Å². The number of rotatable bonds is 6. The SMILES string of the molecule is CC(C)(C)NC(=O)c1ccc(NC(=O)c2ccc(NC3CC3)c([N+](=O)[O-])c2)cc1. The van der Waals surface area contributed by atoms with Gasteiger partial charge in [-0.25, -0.2) is 0 Å². The molecule has 0 atom stereocenters. The summed E-state index contributed by atoms with van der Waals surface area (Å²) in [5, 5.41) is 20.0. The highest BCUT2D eigenvalue weighted by atomic mass is 16.6. The first-order chi connectivity index (χ1) is 13.6. The van der Waals surface area contributed by atoms with E-state index < -0.39 is 10.8 Å². The number of nitrogens with zero attached hydrogens (tertiary/aromatic N) is 1. The van der Waals surface area contributed by atoms with Crippen molar-refractivity contribution >= 4 is 28.9 Å². The number of anilines is 2. The number of amides is 2. The minimum absolute atomic E-state index is 0.126. The van der Waals surface area contributed by atoms with E-state index >= 15 is 0 Å². The van der Waals surface area contributed by atoms with Crippen molar-refractivity contribution in [1.82, 2.24) is 5.32 Å². The summed E-state index contributed by atoms with van der Waals surface area (Å²) in [6.07, 6.45) is 1.98. The Morgan fingerprint density at radius 1 is 1.00 bits per heavy atom. The van der Waals surface area contributed by atoms with Crippen LogP contribution in [0.25, 0.3) is 0 Å². The minimum atomic E-state index is -0.496. The maximum Gasteiger partial charge on any atom is 0.293 e. The first-order valence-electron chi connectivity index (χ1n) is 9.41. The zero-order valence-corrected chi connectivity index (χ0v) is 16.6. The van der Waals surface area contributed by atoms with Gasteiger partial charge < -0.3 is 16.0 Å². The van der Waals surface area contributed by atoms with E-state index in [2.05, 4.69) is 16.0 Å². The first kappa shape index (κ1) is 20.3. The maximum absolute atomic E-state index is 12.5. The molecule has 1 fully saturated rings.